The quantitative estimate of drug-likeness (QED) is 0.253. The third kappa shape index (κ3) is 6.38. The number of hydrogen-bond acceptors (Lipinski definition) is 5. The summed E-state index contributed by atoms with van der Waals surface area (Å²) in [4.78, 5) is 34.3. The van der Waals surface area contributed by atoms with Crippen LogP contribution >= 0.6 is 24.0 Å². The summed E-state index contributed by atoms with van der Waals surface area (Å²) in [5.74, 6) is -0.171. The van der Waals surface area contributed by atoms with Crippen molar-refractivity contribution in [1.29, 1.82) is 0 Å². The number of amides is 2. The Balaban J connectivity index is 0.00000400. The second-order valence-electron chi connectivity index (χ2n) is 9.56. The summed E-state index contributed by atoms with van der Waals surface area (Å²) < 4.78 is 14.4. The molecule has 4 rings (SSSR count). The Morgan fingerprint density at radius 1 is 1.00 bits per heavy atom. The smallest absolute Gasteiger partial charge is 0.257 e. The first-order valence-corrected chi connectivity index (χ1v) is 12.1. The molecule has 0 fully saturated rings. The second kappa shape index (κ2) is 11.8. The maximum atomic E-state index is 14.4. The molecule has 0 saturated heterocycles. The number of carbonyl (C=O) groups excluding carboxylic acids is 2. The first-order chi connectivity index (χ1) is 17.6. The van der Waals surface area contributed by atoms with Crippen molar-refractivity contribution in [2.45, 2.75) is 27.3 Å². The normalized spacial score (nSPS) is 11.0. The van der Waals surface area contributed by atoms with E-state index in [2.05, 4.69) is 25.9 Å². The number of hydrogen-bond donors (Lipinski definition) is 3. The van der Waals surface area contributed by atoms with Crippen molar-refractivity contribution in [2.24, 2.45) is 5.41 Å². The molecule has 198 valence electrons. The number of carbonyl (C=O) groups is 2. The van der Waals surface area contributed by atoms with Gasteiger partial charge in [0.2, 0.25) is 5.91 Å². The van der Waals surface area contributed by atoms with Gasteiger partial charge < -0.3 is 16.0 Å². The van der Waals surface area contributed by atoms with Crippen molar-refractivity contribution in [3.63, 3.8) is 0 Å². The number of halogens is 3. The summed E-state index contributed by atoms with van der Waals surface area (Å²) in [5, 5.41) is 9.74. The van der Waals surface area contributed by atoms with Crippen molar-refractivity contribution >= 4 is 58.2 Å². The number of nitrogens with one attached hydrogen (secondary N) is 3. The summed E-state index contributed by atoms with van der Waals surface area (Å²) in [7, 11) is 1.72. The van der Waals surface area contributed by atoms with Crippen molar-refractivity contribution in [3.8, 4) is 11.4 Å². The van der Waals surface area contributed by atoms with Crippen LogP contribution < -0.4 is 16.0 Å². The molecule has 0 aliphatic carbocycles. The highest BCUT2D eigenvalue weighted by Gasteiger charge is 2.21. The van der Waals surface area contributed by atoms with Gasteiger partial charge in [0, 0.05) is 30.1 Å². The zero-order valence-corrected chi connectivity index (χ0v) is 22.9. The third-order valence-electron chi connectivity index (χ3n) is 5.72. The SMILES string of the molecule is CNc1nc(-c2ccccc2F)nc2cc(NC(=O)c3cc(CNC(=O)C(C)(C)C)ccc3Cl)ccc12.Cl. The summed E-state index contributed by atoms with van der Waals surface area (Å²) in [6.07, 6.45) is 0. The van der Waals surface area contributed by atoms with E-state index in [0.717, 1.165) is 10.9 Å². The lowest BCUT2D eigenvalue weighted by Crippen LogP contribution is -2.34. The van der Waals surface area contributed by atoms with Gasteiger partial charge in [-0.3, -0.25) is 9.59 Å². The molecule has 0 saturated carbocycles. The molecule has 0 aliphatic rings. The molecule has 2 amide bonds. The van der Waals surface area contributed by atoms with Crippen LogP contribution in [0.5, 0.6) is 0 Å². The van der Waals surface area contributed by atoms with Crippen LogP contribution in [0.2, 0.25) is 5.02 Å². The number of aromatic nitrogens is 2. The van der Waals surface area contributed by atoms with Crippen molar-refractivity contribution in [1.82, 2.24) is 15.3 Å². The van der Waals surface area contributed by atoms with E-state index in [0.29, 0.717) is 17.0 Å². The van der Waals surface area contributed by atoms with E-state index in [1.54, 1.807) is 61.6 Å². The third-order valence-corrected chi connectivity index (χ3v) is 6.05. The van der Waals surface area contributed by atoms with Gasteiger partial charge in [0.25, 0.3) is 5.91 Å². The minimum atomic E-state index is -0.522. The average molecular weight is 556 g/mol. The number of nitrogens with zero attached hydrogens (tertiary/aromatic N) is 2. The van der Waals surface area contributed by atoms with Crippen LogP contribution in [0.15, 0.2) is 60.7 Å². The zero-order valence-electron chi connectivity index (χ0n) is 21.4. The molecule has 10 heteroatoms. The largest absolute Gasteiger partial charge is 0.373 e. The lowest BCUT2D eigenvalue weighted by atomic mass is 9.95. The van der Waals surface area contributed by atoms with Gasteiger partial charge in [0.05, 0.1) is 21.7 Å². The van der Waals surface area contributed by atoms with E-state index >= 15 is 0 Å². The van der Waals surface area contributed by atoms with Crippen LogP contribution in [-0.4, -0.2) is 28.8 Å². The predicted molar refractivity (Wildman–Crippen MR) is 152 cm³/mol. The molecule has 0 spiro atoms. The van der Waals surface area contributed by atoms with Gasteiger partial charge in [0.15, 0.2) is 5.82 Å². The van der Waals surface area contributed by atoms with E-state index in [9.17, 15) is 14.0 Å². The minimum Gasteiger partial charge on any atom is -0.373 e. The second-order valence-corrected chi connectivity index (χ2v) is 9.97. The van der Waals surface area contributed by atoms with Crippen LogP contribution in [0.3, 0.4) is 0 Å². The Kier molecular flexibility index (Phi) is 8.91. The summed E-state index contributed by atoms with van der Waals surface area (Å²) in [6.45, 7) is 5.76. The van der Waals surface area contributed by atoms with Crippen molar-refractivity contribution < 1.29 is 14.0 Å². The predicted octanol–water partition coefficient (Wildman–Crippen LogP) is 6.47. The topological polar surface area (TPSA) is 96.0 Å². The Morgan fingerprint density at radius 3 is 2.42 bits per heavy atom. The fourth-order valence-corrected chi connectivity index (χ4v) is 3.87. The Bertz CT molecular complexity index is 1500. The molecule has 0 bridgehead atoms. The van der Waals surface area contributed by atoms with E-state index in [1.807, 2.05) is 20.8 Å². The van der Waals surface area contributed by atoms with Gasteiger partial charge in [-0.05, 0) is 48.0 Å². The Morgan fingerprint density at radius 2 is 1.74 bits per heavy atom. The molecule has 1 aromatic heterocycles. The standard InChI is InChI=1S/C28H27ClFN5O2.ClH/c1-28(2,3)27(37)32-15-16-9-12-21(29)20(13-16)26(36)33-17-10-11-19-23(14-17)34-25(35-24(19)31-4)18-7-5-6-8-22(18)30;/h5-14H,15H2,1-4H3,(H,32,37)(H,33,36)(H,31,34,35);1H. The molecule has 7 nitrogen and oxygen atoms in total. The molecule has 1 heterocycles. The summed E-state index contributed by atoms with van der Waals surface area (Å²) in [5.41, 5.74) is 1.78. The van der Waals surface area contributed by atoms with E-state index in [1.165, 1.54) is 6.07 Å². The maximum absolute atomic E-state index is 14.4. The van der Waals surface area contributed by atoms with E-state index in [-0.39, 0.29) is 46.8 Å². The van der Waals surface area contributed by atoms with E-state index < -0.39 is 17.1 Å². The molecular weight excluding hydrogens is 528 g/mol. The van der Waals surface area contributed by atoms with Crippen LogP contribution in [0.1, 0.15) is 36.7 Å². The highest BCUT2D eigenvalue weighted by Crippen LogP contribution is 2.29. The molecule has 3 aromatic carbocycles. The molecule has 38 heavy (non-hydrogen) atoms. The molecule has 0 atom stereocenters. The summed E-state index contributed by atoms with van der Waals surface area (Å²) >= 11 is 6.32. The molecule has 3 N–H and O–H groups in total. The molecular formula is C28H28Cl2FN5O2. The molecule has 0 aliphatic heterocycles. The monoisotopic (exact) mass is 555 g/mol. The molecule has 4 aromatic rings. The number of benzene rings is 3. The Hall–Kier alpha value is -3.75. The molecule has 0 radical (unpaired) electrons. The van der Waals surface area contributed by atoms with Crippen molar-refractivity contribution in [2.75, 3.05) is 17.7 Å². The fraction of sp³-hybridized carbons (Fsp3) is 0.214. The van der Waals surface area contributed by atoms with Crippen LogP contribution in [0, 0.1) is 11.2 Å². The minimum absolute atomic E-state index is 0. The van der Waals surface area contributed by atoms with Gasteiger partial charge in [-0.2, -0.15) is 0 Å². The van der Waals surface area contributed by atoms with Gasteiger partial charge in [-0.1, -0.05) is 50.6 Å². The average Bonchev–Trinajstić information content (AvgIpc) is 2.86. The lowest BCUT2D eigenvalue weighted by molar-refractivity contribution is -0.128. The van der Waals surface area contributed by atoms with Crippen LogP contribution in [-0.2, 0) is 11.3 Å². The summed E-state index contributed by atoms with van der Waals surface area (Å²) in [6, 6.07) is 16.5. The first kappa shape index (κ1) is 28.8. The number of rotatable bonds is 6. The van der Waals surface area contributed by atoms with Gasteiger partial charge in [-0.25, -0.2) is 14.4 Å². The zero-order chi connectivity index (χ0) is 26.7. The van der Waals surface area contributed by atoms with Gasteiger partial charge in [-0.15, -0.1) is 12.4 Å². The number of anilines is 2. The highest BCUT2D eigenvalue weighted by atomic mass is 35.5. The molecule has 0 unspecified atom stereocenters. The number of fused-ring (bicyclic) bond motifs is 1. The highest BCUT2D eigenvalue weighted by molar-refractivity contribution is 6.34. The maximum Gasteiger partial charge on any atom is 0.257 e. The van der Waals surface area contributed by atoms with Gasteiger partial charge in [0.1, 0.15) is 11.6 Å². The van der Waals surface area contributed by atoms with Crippen molar-refractivity contribution in [3.05, 3.63) is 82.6 Å². The van der Waals surface area contributed by atoms with Gasteiger partial charge >= 0.3 is 0 Å². The fourth-order valence-electron chi connectivity index (χ4n) is 3.66. The van der Waals surface area contributed by atoms with Crippen LogP contribution in [0.25, 0.3) is 22.3 Å². The lowest BCUT2D eigenvalue weighted by Gasteiger charge is -2.18. The first-order valence-electron chi connectivity index (χ1n) is 11.7. The Labute approximate surface area is 231 Å². The van der Waals surface area contributed by atoms with E-state index in [4.69, 9.17) is 11.6 Å². The van der Waals surface area contributed by atoms with Crippen LogP contribution in [0.4, 0.5) is 15.9 Å².